The van der Waals surface area contributed by atoms with Crippen molar-refractivity contribution in [2.45, 2.75) is 0 Å². The van der Waals surface area contributed by atoms with Crippen LogP contribution in [0.2, 0.25) is 0 Å². The van der Waals surface area contributed by atoms with E-state index in [2.05, 4.69) is 10.2 Å². The Hall–Kier alpha value is -3.55. The first kappa shape index (κ1) is 19.8. The molecule has 0 radical (unpaired) electrons. The van der Waals surface area contributed by atoms with Crippen molar-refractivity contribution in [2.24, 2.45) is 0 Å². The molecule has 0 bridgehead atoms. The lowest BCUT2D eigenvalue weighted by Gasteiger charge is -2.35. The topological polar surface area (TPSA) is 58.6 Å². The number of halogens is 2. The lowest BCUT2D eigenvalue weighted by Crippen LogP contribution is -2.49. The summed E-state index contributed by atoms with van der Waals surface area (Å²) in [7, 11) is 1.62. The second-order valence-electron chi connectivity index (χ2n) is 6.91. The molecule has 1 saturated heterocycles. The van der Waals surface area contributed by atoms with Crippen LogP contribution in [0.4, 0.5) is 14.6 Å². The summed E-state index contributed by atoms with van der Waals surface area (Å²) >= 11 is 0. The van der Waals surface area contributed by atoms with Crippen LogP contribution in [-0.2, 0) is 0 Å². The van der Waals surface area contributed by atoms with Crippen LogP contribution in [0, 0.1) is 11.6 Å². The highest BCUT2D eigenvalue weighted by Crippen LogP contribution is 2.22. The second kappa shape index (κ2) is 8.44. The molecule has 1 aliphatic heterocycles. The molecule has 2 heterocycles. The van der Waals surface area contributed by atoms with Crippen molar-refractivity contribution in [3.63, 3.8) is 0 Å². The van der Waals surface area contributed by atoms with Crippen molar-refractivity contribution >= 4 is 11.7 Å². The molecule has 1 amide bonds. The molecule has 0 unspecified atom stereocenters. The Balaban J connectivity index is 1.39. The molecule has 1 aliphatic rings. The zero-order valence-electron chi connectivity index (χ0n) is 16.4. The number of ether oxygens (including phenoxy) is 1. The van der Waals surface area contributed by atoms with Crippen LogP contribution in [0.5, 0.6) is 5.75 Å². The van der Waals surface area contributed by atoms with Gasteiger partial charge in [0, 0.05) is 37.8 Å². The quantitative estimate of drug-likeness (QED) is 0.660. The van der Waals surface area contributed by atoms with Crippen molar-refractivity contribution in [3.8, 4) is 17.0 Å². The normalized spacial score (nSPS) is 14.0. The molecule has 0 saturated carbocycles. The summed E-state index contributed by atoms with van der Waals surface area (Å²) in [4.78, 5) is 16.1. The summed E-state index contributed by atoms with van der Waals surface area (Å²) in [5, 5.41) is 8.62. The van der Waals surface area contributed by atoms with Gasteiger partial charge < -0.3 is 14.5 Å². The molecule has 30 heavy (non-hydrogen) atoms. The van der Waals surface area contributed by atoms with Crippen LogP contribution in [0.1, 0.15) is 10.4 Å². The van der Waals surface area contributed by atoms with Crippen molar-refractivity contribution in [1.82, 2.24) is 15.1 Å². The van der Waals surface area contributed by atoms with Gasteiger partial charge in [-0.25, -0.2) is 8.78 Å². The van der Waals surface area contributed by atoms with Gasteiger partial charge in [0.05, 0.1) is 18.4 Å². The summed E-state index contributed by atoms with van der Waals surface area (Å²) in [6.45, 7) is 1.92. The Morgan fingerprint density at radius 2 is 1.67 bits per heavy atom. The first-order valence-electron chi connectivity index (χ1n) is 9.52. The van der Waals surface area contributed by atoms with E-state index < -0.39 is 17.5 Å². The van der Waals surface area contributed by atoms with E-state index in [1.807, 2.05) is 41.3 Å². The summed E-state index contributed by atoms with van der Waals surface area (Å²) in [6.07, 6.45) is 0. The molecule has 0 N–H and O–H groups in total. The fraction of sp³-hybridized carbons (Fsp3) is 0.227. The Morgan fingerprint density at radius 1 is 0.933 bits per heavy atom. The van der Waals surface area contributed by atoms with E-state index in [0.29, 0.717) is 32.0 Å². The highest BCUT2D eigenvalue weighted by Gasteiger charge is 2.25. The molecule has 0 aliphatic carbocycles. The van der Waals surface area contributed by atoms with E-state index in [1.165, 1.54) is 6.07 Å². The van der Waals surface area contributed by atoms with E-state index in [9.17, 15) is 13.6 Å². The number of anilines is 1. The molecule has 4 rings (SSSR count). The van der Waals surface area contributed by atoms with E-state index in [0.717, 1.165) is 29.1 Å². The maximum Gasteiger partial charge on any atom is 0.256 e. The predicted molar refractivity (Wildman–Crippen MR) is 108 cm³/mol. The van der Waals surface area contributed by atoms with Gasteiger partial charge in [0.1, 0.15) is 17.4 Å². The van der Waals surface area contributed by atoms with Gasteiger partial charge in [0.2, 0.25) is 0 Å². The largest absolute Gasteiger partial charge is 0.497 e. The van der Waals surface area contributed by atoms with E-state index >= 15 is 0 Å². The molecular weight excluding hydrogens is 390 g/mol. The minimum Gasteiger partial charge on any atom is -0.497 e. The van der Waals surface area contributed by atoms with Gasteiger partial charge in [-0.05, 0) is 48.5 Å². The van der Waals surface area contributed by atoms with Gasteiger partial charge in [0.15, 0.2) is 5.82 Å². The molecule has 3 aromatic rings. The summed E-state index contributed by atoms with van der Waals surface area (Å²) < 4.78 is 32.1. The maximum atomic E-state index is 13.9. The van der Waals surface area contributed by atoms with Crippen molar-refractivity contribution < 1.29 is 18.3 Å². The number of benzene rings is 2. The number of aromatic nitrogens is 2. The van der Waals surface area contributed by atoms with Crippen LogP contribution in [-0.4, -0.2) is 54.3 Å². The summed E-state index contributed by atoms with van der Waals surface area (Å²) in [6, 6.07) is 14.4. The lowest BCUT2D eigenvalue weighted by molar-refractivity contribution is 0.0741. The summed E-state index contributed by atoms with van der Waals surface area (Å²) in [5.41, 5.74) is 1.57. The second-order valence-corrected chi connectivity index (χ2v) is 6.91. The monoisotopic (exact) mass is 410 g/mol. The summed E-state index contributed by atoms with van der Waals surface area (Å²) in [5.74, 6) is -0.496. The third kappa shape index (κ3) is 4.07. The molecule has 8 heteroatoms. The molecule has 6 nitrogen and oxygen atoms in total. The number of carbonyl (C=O) groups is 1. The Labute approximate surface area is 172 Å². The number of carbonyl (C=O) groups excluding carboxylic acids is 1. The van der Waals surface area contributed by atoms with E-state index in [4.69, 9.17) is 4.74 Å². The number of methoxy groups -OCH3 is 1. The molecule has 0 spiro atoms. The van der Waals surface area contributed by atoms with Crippen molar-refractivity contribution in [3.05, 3.63) is 71.8 Å². The number of hydrogen-bond donors (Lipinski definition) is 0. The zero-order valence-corrected chi connectivity index (χ0v) is 16.4. The van der Waals surface area contributed by atoms with Crippen LogP contribution < -0.4 is 9.64 Å². The average molecular weight is 410 g/mol. The van der Waals surface area contributed by atoms with Crippen LogP contribution >= 0.6 is 0 Å². The molecular formula is C22H20F2N4O2. The van der Waals surface area contributed by atoms with Gasteiger partial charge in [-0.2, -0.15) is 0 Å². The maximum absolute atomic E-state index is 13.9. The van der Waals surface area contributed by atoms with Crippen LogP contribution in [0.3, 0.4) is 0 Å². The number of nitrogens with zero attached hydrogens (tertiary/aromatic N) is 4. The molecule has 1 fully saturated rings. The van der Waals surface area contributed by atoms with Gasteiger partial charge >= 0.3 is 0 Å². The van der Waals surface area contributed by atoms with Crippen LogP contribution in [0.25, 0.3) is 11.3 Å². The first-order valence-corrected chi connectivity index (χ1v) is 9.52. The fourth-order valence-electron chi connectivity index (χ4n) is 3.38. The number of rotatable bonds is 4. The Morgan fingerprint density at radius 3 is 2.27 bits per heavy atom. The zero-order chi connectivity index (χ0) is 21.1. The molecule has 0 atom stereocenters. The van der Waals surface area contributed by atoms with Gasteiger partial charge in [-0.1, -0.05) is 0 Å². The number of piperazine rings is 1. The highest BCUT2D eigenvalue weighted by atomic mass is 19.1. The Bertz CT molecular complexity index is 1030. The SMILES string of the molecule is COc1ccc(-c2ccc(N3CCN(C(=O)c4ccc(F)cc4F)CC3)nn2)cc1. The Kier molecular flexibility index (Phi) is 5.56. The lowest BCUT2D eigenvalue weighted by atomic mass is 10.1. The number of hydrogen-bond acceptors (Lipinski definition) is 5. The van der Waals surface area contributed by atoms with Crippen LogP contribution in [0.15, 0.2) is 54.6 Å². The molecule has 2 aromatic carbocycles. The fourth-order valence-corrected chi connectivity index (χ4v) is 3.38. The minimum absolute atomic E-state index is 0.117. The molecule has 1 aromatic heterocycles. The number of amides is 1. The van der Waals surface area contributed by atoms with Gasteiger partial charge in [-0.3, -0.25) is 4.79 Å². The third-order valence-electron chi connectivity index (χ3n) is 5.09. The smallest absolute Gasteiger partial charge is 0.256 e. The van der Waals surface area contributed by atoms with Crippen molar-refractivity contribution in [1.29, 1.82) is 0 Å². The predicted octanol–water partition coefficient (Wildman–Crippen LogP) is 3.39. The third-order valence-corrected chi connectivity index (χ3v) is 5.09. The highest BCUT2D eigenvalue weighted by molar-refractivity contribution is 5.94. The average Bonchev–Trinajstić information content (AvgIpc) is 2.79. The van der Waals surface area contributed by atoms with Gasteiger partial charge in [0.25, 0.3) is 5.91 Å². The first-order chi connectivity index (χ1) is 14.5. The minimum atomic E-state index is -0.845. The standard InChI is InChI=1S/C22H20F2N4O2/c1-30-17-5-2-15(3-6-17)20-8-9-21(26-25-20)27-10-12-28(13-11-27)22(29)18-7-4-16(23)14-19(18)24/h2-9,14H,10-13H2,1H3. The van der Waals surface area contributed by atoms with E-state index in [-0.39, 0.29) is 5.56 Å². The molecule has 154 valence electrons. The van der Waals surface area contributed by atoms with Gasteiger partial charge in [-0.15, -0.1) is 10.2 Å². The van der Waals surface area contributed by atoms with E-state index in [1.54, 1.807) is 12.0 Å². The van der Waals surface area contributed by atoms with Crippen molar-refractivity contribution in [2.75, 3.05) is 38.2 Å².